The van der Waals surface area contributed by atoms with Crippen molar-refractivity contribution in [2.24, 2.45) is 0 Å². The van der Waals surface area contributed by atoms with Gasteiger partial charge in [-0.05, 0) is 42.5 Å². The van der Waals surface area contributed by atoms with Crippen LogP contribution in [0.1, 0.15) is 11.1 Å². The minimum Gasteiger partial charge on any atom is -0.228 e. The minimum absolute atomic E-state index is 0.0521. The Hall–Kier alpha value is -3.82. The topological polar surface area (TPSA) is 25.8 Å². The number of alkyl halides is 6. The monoisotopic (exact) mass is 480 g/mol. The van der Waals surface area contributed by atoms with Crippen LogP contribution in [0.4, 0.5) is 35.1 Å². The zero-order valence-electron chi connectivity index (χ0n) is 16.8. The number of nitrogens with zero attached hydrogens (tertiary/aromatic N) is 2. The van der Waals surface area contributed by atoms with Crippen LogP contribution in [0.5, 0.6) is 0 Å². The summed E-state index contributed by atoms with van der Waals surface area (Å²) in [5.74, 6) is -2.42. The van der Waals surface area contributed by atoms with Crippen LogP contribution in [0, 0.1) is 11.6 Å². The molecule has 2 nitrogen and oxygen atoms in total. The van der Waals surface area contributed by atoms with Gasteiger partial charge in [0.25, 0.3) is 0 Å². The fourth-order valence-electron chi connectivity index (χ4n) is 3.26. The first kappa shape index (κ1) is 23.3. The normalized spacial score (nSPS) is 12.1. The van der Waals surface area contributed by atoms with Crippen molar-refractivity contribution < 1.29 is 35.1 Å². The SMILES string of the molecule is Fc1cc(-c2cc(-c3cc(F)cc(C(F)(F)F)c3)nc(-c3ccccc3)n2)cc(C(F)(F)F)c1. The summed E-state index contributed by atoms with van der Waals surface area (Å²) in [5.41, 5.74) is -3.08. The predicted octanol–water partition coefficient (Wildman–Crippen LogP) is 7.79. The molecule has 3 aromatic carbocycles. The lowest BCUT2D eigenvalue weighted by molar-refractivity contribution is -0.138. The van der Waals surface area contributed by atoms with Gasteiger partial charge < -0.3 is 0 Å². The van der Waals surface area contributed by atoms with Crippen molar-refractivity contribution >= 4 is 0 Å². The van der Waals surface area contributed by atoms with Gasteiger partial charge >= 0.3 is 12.4 Å². The van der Waals surface area contributed by atoms with Crippen molar-refractivity contribution in [3.63, 3.8) is 0 Å². The van der Waals surface area contributed by atoms with Crippen LogP contribution in [0.25, 0.3) is 33.9 Å². The summed E-state index contributed by atoms with van der Waals surface area (Å²) in [6.07, 6.45) is -9.70. The van der Waals surface area contributed by atoms with E-state index in [9.17, 15) is 35.1 Å². The fourth-order valence-corrected chi connectivity index (χ4v) is 3.26. The molecule has 174 valence electrons. The van der Waals surface area contributed by atoms with Crippen molar-refractivity contribution in [1.29, 1.82) is 0 Å². The summed E-state index contributed by atoms with van der Waals surface area (Å²) in [5, 5.41) is 0. The Morgan fingerprint density at radius 1 is 0.500 bits per heavy atom. The van der Waals surface area contributed by atoms with Gasteiger partial charge in [0.1, 0.15) is 11.6 Å². The maximum atomic E-state index is 14.0. The van der Waals surface area contributed by atoms with E-state index in [1.165, 1.54) is 0 Å². The Morgan fingerprint density at radius 3 is 1.35 bits per heavy atom. The molecule has 0 fully saturated rings. The quantitative estimate of drug-likeness (QED) is 0.280. The first-order valence-electron chi connectivity index (χ1n) is 9.61. The number of benzene rings is 3. The van der Waals surface area contributed by atoms with Crippen molar-refractivity contribution in [3.8, 4) is 33.9 Å². The third kappa shape index (κ3) is 5.05. The van der Waals surface area contributed by atoms with E-state index in [0.717, 1.165) is 18.2 Å². The summed E-state index contributed by atoms with van der Waals surface area (Å²) in [7, 11) is 0. The van der Waals surface area contributed by atoms with Crippen molar-refractivity contribution in [3.05, 3.63) is 95.6 Å². The molecule has 0 N–H and O–H groups in total. The van der Waals surface area contributed by atoms with Crippen LogP contribution in [-0.2, 0) is 12.4 Å². The number of hydrogen-bond acceptors (Lipinski definition) is 2. The highest BCUT2D eigenvalue weighted by atomic mass is 19.4. The van der Waals surface area contributed by atoms with Gasteiger partial charge in [0.2, 0.25) is 0 Å². The molecule has 0 saturated heterocycles. The van der Waals surface area contributed by atoms with Crippen LogP contribution in [0.3, 0.4) is 0 Å². The summed E-state index contributed by atoms with van der Waals surface area (Å²) in [6.45, 7) is 0. The highest BCUT2D eigenvalue weighted by Crippen LogP contribution is 2.36. The van der Waals surface area contributed by atoms with Gasteiger partial charge in [0.05, 0.1) is 22.5 Å². The minimum atomic E-state index is -4.85. The Labute approximate surface area is 187 Å². The van der Waals surface area contributed by atoms with Gasteiger partial charge in [-0.1, -0.05) is 30.3 Å². The molecule has 0 aliphatic carbocycles. The van der Waals surface area contributed by atoms with E-state index in [-0.39, 0.29) is 28.3 Å². The Balaban J connectivity index is 1.97. The fraction of sp³-hybridized carbons (Fsp3) is 0.0833. The van der Waals surface area contributed by atoms with E-state index in [0.29, 0.717) is 29.8 Å². The summed E-state index contributed by atoms with van der Waals surface area (Å²) in [6, 6.07) is 12.7. The molecule has 0 aliphatic heterocycles. The molecule has 0 aliphatic rings. The lowest BCUT2D eigenvalue weighted by Gasteiger charge is -2.13. The van der Waals surface area contributed by atoms with Gasteiger partial charge in [0.15, 0.2) is 5.82 Å². The van der Waals surface area contributed by atoms with Gasteiger partial charge in [-0.25, -0.2) is 18.7 Å². The number of halogens is 8. The number of rotatable bonds is 3. The summed E-state index contributed by atoms with van der Waals surface area (Å²) >= 11 is 0. The molecule has 4 aromatic rings. The molecule has 1 aromatic heterocycles. The van der Waals surface area contributed by atoms with Gasteiger partial charge in [-0.2, -0.15) is 26.3 Å². The Morgan fingerprint density at radius 2 is 0.941 bits per heavy atom. The number of hydrogen-bond donors (Lipinski definition) is 0. The van der Waals surface area contributed by atoms with Crippen LogP contribution < -0.4 is 0 Å². The van der Waals surface area contributed by atoms with E-state index < -0.39 is 35.1 Å². The largest absolute Gasteiger partial charge is 0.416 e. The van der Waals surface area contributed by atoms with E-state index in [4.69, 9.17) is 0 Å². The molecule has 0 atom stereocenters. The molecule has 1 heterocycles. The highest BCUT2D eigenvalue weighted by molar-refractivity contribution is 5.72. The third-order valence-corrected chi connectivity index (χ3v) is 4.80. The lowest BCUT2D eigenvalue weighted by atomic mass is 10.0. The van der Waals surface area contributed by atoms with Crippen LogP contribution in [0.15, 0.2) is 72.8 Å². The second kappa shape index (κ2) is 8.51. The lowest BCUT2D eigenvalue weighted by Crippen LogP contribution is -2.07. The third-order valence-electron chi connectivity index (χ3n) is 4.80. The maximum Gasteiger partial charge on any atom is 0.416 e. The van der Waals surface area contributed by atoms with Crippen LogP contribution >= 0.6 is 0 Å². The molecule has 34 heavy (non-hydrogen) atoms. The molecular weight excluding hydrogens is 468 g/mol. The van der Waals surface area contributed by atoms with E-state index >= 15 is 0 Å². The van der Waals surface area contributed by atoms with Gasteiger partial charge in [-0.15, -0.1) is 0 Å². The molecule has 0 spiro atoms. The molecule has 10 heteroatoms. The van der Waals surface area contributed by atoms with Crippen molar-refractivity contribution in [1.82, 2.24) is 9.97 Å². The molecule has 0 unspecified atom stereocenters. The van der Waals surface area contributed by atoms with Gasteiger partial charge in [0, 0.05) is 16.7 Å². The summed E-state index contributed by atoms with van der Waals surface area (Å²) < 4.78 is 107. The average molecular weight is 480 g/mol. The second-order valence-electron chi connectivity index (χ2n) is 7.28. The Bertz CT molecular complexity index is 1260. The van der Waals surface area contributed by atoms with Crippen molar-refractivity contribution in [2.75, 3.05) is 0 Å². The zero-order chi connectivity index (χ0) is 24.7. The zero-order valence-corrected chi connectivity index (χ0v) is 16.8. The Kier molecular flexibility index (Phi) is 5.84. The first-order valence-corrected chi connectivity index (χ1v) is 9.61. The molecule has 4 rings (SSSR count). The number of aromatic nitrogens is 2. The van der Waals surface area contributed by atoms with E-state index in [1.807, 2.05) is 0 Å². The first-order chi connectivity index (χ1) is 15.9. The summed E-state index contributed by atoms with van der Waals surface area (Å²) in [4.78, 5) is 8.39. The van der Waals surface area contributed by atoms with E-state index in [1.54, 1.807) is 30.3 Å². The maximum absolute atomic E-state index is 14.0. The van der Waals surface area contributed by atoms with Crippen LogP contribution in [0.2, 0.25) is 0 Å². The highest BCUT2D eigenvalue weighted by Gasteiger charge is 2.33. The molecule has 0 bridgehead atoms. The predicted molar refractivity (Wildman–Crippen MR) is 108 cm³/mol. The standard InChI is InChI=1S/C24H12F8N2/c25-18-8-14(6-16(10-18)23(27,28)29)20-12-21(34-22(33-20)13-4-2-1-3-5-13)15-7-17(24(30,31)32)11-19(26)9-15/h1-12H. The molecule has 0 saturated carbocycles. The average Bonchev–Trinajstić information content (AvgIpc) is 2.77. The smallest absolute Gasteiger partial charge is 0.228 e. The van der Waals surface area contributed by atoms with E-state index in [2.05, 4.69) is 9.97 Å². The second-order valence-corrected chi connectivity index (χ2v) is 7.28. The molecule has 0 amide bonds. The molecular formula is C24H12F8N2. The van der Waals surface area contributed by atoms with Crippen molar-refractivity contribution in [2.45, 2.75) is 12.4 Å². The molecule has 0 radical (unpaired) electrons. The van der Waals surface area contributed by atoms with Gasteiger partial charge in [-0.3, -0.25) is 0 Å². The van der Waals surface area contributed by atoms with Crippen LogP contribution in [-0.4, -0.2) is 9.97 Å².